The van der Waals surface area contributed by atoms with Crippen molar-refractivity contribution in [2.75, 3.05) is 5.32 Å². The molecule has 2 amide bonds. The molecule has 7 heteroatoms. The van der Waals surface area contributed by atoms with Crippen molar-refractivity contribution in [2.24, 2.45) is 5.73 Å². The first kappa shape index (κ1) is 14.9. The minimum absolute atomic E-state index is 0.300. The monoisotopic (exact) mass is 324 g/mol. The minimum atomic E-state index is -0.569. The standard InChI is InChI=1S/C16H12N4O2S/c17-14(21)13-5-6-23-16(13)20-15(22)11-3-1-10(2-4-11)12-7-18-9-19-8-12/h1-9H,(H2,17,21)(H,20,22). The van der Waals surface area contributed by atoms with Crippen molar-refractivity contribution < 1.29 is 9.59 Å². The van der Waals surface area contributed by atoms with Gasteiger partial charge < -0.3 is 11.1 Å². The number of rotatable bonds is 4. The second-order valence-corrected chi connectivity index (χ2v) is 5.60. The summed E-state index contributed by atoms with van der Waals surface area (Å²) in [5.41, 5.74) is 7.83. The van der Waals surface area contributed by atoms with Crippen molar-refractivity contribution in [3.8, 4) is 11.1 Å². The lowest BCUT2D eigenvalue weighted by Crippen LogP contribution is -2.16. The molecule has 1 aromatic carbocycles. The van der Waals surface area contributed by atoms with Gasteiger partial charge in [-0.1, -0.05) is 12.1 Å². The summed E-state index contributed by atoms with van der Waals surface area (Å²) in [7, 11) is 0. The van der Waals surface area contributed by atoms with Crippen molar-refractivity contribution in [3.05, 3.63) is 65.6 Å². The molecule has 6 nitrogen and oxygen atoms in total. The molecule has 0 spiro atoms. The van der Waals surface area contributed by atoms with Gasteiger partial charge in [-0.2, -0.15) is 0 Å². The van der Waals surface area contributed by atoms with Gasteiger partial charge in [0.15, 0.2) is 0 Å². The molecule has 0 unspecified atom stereocenters. The molecule has 0 aliphatic carbocycles. The molecule has 0 saturated carbocycles. The number of amides is 2. The highest BCUT2D eigenvalue weighted by Crippen LogP contribution is 2.24. The van der Waals surface area contributed by atoms with Gasteiger partial charge in [-0.15, -0.1) is 11.3 Å². The fourth-order valence-corrected chi connectivity index (χ4v) is 2.83. The summed E-state index contributed by atoms with van der Waals surface area (Å²) in [6, 6.07) is 8.62. The van der Waals surface area contributed by atoms with Gasteiger partial charge in [0.25, 0.3) is 11.8 Å². The topological polar surface area (TPSA) is 98.0 Å². The van der Waals surface area contributed by atoms with E-state index < -0.39 is 5.91 Å². The molecule has 3 aromatic rings. The number of thiophene rings is 1. The molecule has 0 aliphatic rings. The zero-order valence-electron chi connectivity index (χ0n) is 11.9. The number of aromatic nitrogens is 2. The summed E-state index contributed by atoms with van der Waals surface area (Å²) < 4.78 is 0. The summed E-state index contributed by atoms with van der Waals surface area (Å²) in [5.74, 6) is -0.869. The highest BCUT2D eigenvalue weighted by atomic mass is 32.1. The molecular formula is C16H12N4O2S. The molecule has 23 heavy (non-hydrogen) atoms. The molecular weight excluding hydrogens is 312 g/mol. The van der Waals surface area contributed by atoms with E-state index in [-0.39, 0.29) is 5.91 Å². The predicted molar refractivity (Wildman–Crippen MR) is 88.3 cm³/mol. The van der Waals surface area contributed by atoms with E-state index in [1.165, 1.54) is 17.7 Å². The van der Waals surface area contributed by atoms with E-state index in [1.54, 1.807) is 36.0 Å². The van der Waals surface area contributed by atoms with Crippen LogP contribution >= 0.6 is 11.3 Å². The van der Waals surface area contributed by atoms with Gasteiger partial charge in [0.05, 0.1) is 5.56 Å². The molecule has 114 valence electrons. The molecule has 3 N–H and O–H groups in total. The Labute approximate surface area is 136 Å². The zero-order valence-corrected chi connectivity index (χ0v) is 12.7. The van der Waals surface area contributed by atoms with Crippen LogP contribution in [0.4, 0.5) is 5.00 Å². The Balaban J connectivity index is 1.78. The Bertz CT molecular complexity index is 844. The highest BCUT2D eigenvalue weighted by molar-refractivity contribution is 7.14. The van der Waals surface area contributed by atoms with Crippen LogP contribution in [0.3, 0.4) is 0 Å². The quantitative estimate of drug-likeness (QED) is 0.770. The molecule has 0 radical (unpaired) electrons. The number of nitrogens with zero attached hydrogens (tertiary/aromatic N) is 2. The first-order chi connectivity index (χ1) is 11.1. The van der Waals surface area contributed by atoms with Crippen LogP contribution in [-0.2, 0) is 0 Å². The minimum Gasteiger partial charge on any atom is -0.366 e. The third kappa shape index (κ3) is 3.24. The summed E-state index contributed by atoms with van der Waals surface area (Å²) in [5, 5.41) is 4.85. The summed E-state index contributed by atoms with van der Waals surface area (Å²) in [4.78, 5) is 31.4. The number of nitrogens with two attached hydrogens (primary N) is 1. The van der Waals surface area contributed by atoms with Gasteiger partial charge in [0.1, 0.15) is 11.3 Å². The lowest BCUT2D eigenvalue weighted by Gasteiger charge is -2.06. The van der Waals surface area contributed by atoms with Crippen molar-refractivity contribution >= 4 is 28.2 Å². The van der Waals surface area contributed by atoms with Gasteiger partial charge in [0.2, 0.25) is 0 Å². The zero-order chi connectivity index (χ0) is 16.2. The smallest absolute Gasteiger partial charge is 0.256 e. The molecule has 2 aromatic heterocycles. The molecule has 3 rings (SSSR count). The summed E-state index contributed by atoms with van der Waals surface area (Å²) >= 11 is 1.25. The van der Waals surface area contributed by atoms with Crippen LogP contribution in [0.25, 0.3) is 11.1 Å². The number of benzene rings is 1. The number of carbonyl (C=O) groups is 2. The van der Waals surface area contributed by atoms with Crippen LogP contribution in [0.2, 0.25) is 0 Å². The van der Waals surface area contributed by atoms with E-state index in [9.17, 15) is 9.59 Å². The first-order valence-electron chi connectivity index (χ1n) is 6.69. The predicted octanol–water partition coefficient (Wildman–Crippen LogP) is 2.56. The van der Waals surface area contributed by atoms with Gasteiger partial charge in [0, 0.05) is 23.5 Å². The average Bonchev–Trinajstić information content (AvgIpc) is 3.04. The van der Waals surface area contributed by atoms with Gasteiger partial charge in [-0.3, -0.25) is 9.59 Å². The molecule has 0 atom stereocenters. The number of carbonyl (C=O) groups excluding carboxylic acids is 2. The Hall–Kier alpha value is -3.06. The lowest BCUT2D eigenvalue weighted by atomic mass is 10.1. The van der Waals surface area contributed by atoms with Crippen molar-refractivity contribution in [3.63, 3.8) is 0 Å². The van der Waals surface area contributed by atoms with E-state index in [4.69, 9.17) is 5.73 Å². The second kappa shape index (κ2) is 6.37. The van der Waals surface area contributed by atoms with E-state index in [2.05, 4.69) is 15.3 Å². The Morgan fingerprint density at radius 3 is 2.35 bits per heavy atom. The Morgan fingerprint density at radius 2 is 1.70 bits per heavy atom. The van der Waals surface area contributed by atoms with E-state index in [1.807, 2.05) is 12.1 Å². The van der Waals surface area contributed by atoms with E-state index in [0.717, 1.165) is 11.1 Å². The Kier molecular flexibility index (Phi) is 4.11. The van der Waals surface area contributed by atoms with Crippen molar-refractivity contribution in [1.82, 2.24) is 9.97 Å². The van der Waals surface area contributed by atoms with Crippen LogP contribution in [0, 0.1) is 0 Å². The summed E-state index contributed by atoms with van der Waals surface area (Å²) in [6.45, 7) is 0. The molecule has 0 saturated heterocycles. The number of nitrogens with one attached hydrogen (secondary N) is 1. The molecule has 2 heterocycles. The maximum Gasteiger partial charge on any atom is 0.256 e. The van der Waals surface area contributed by atoms with Crippen LogP contribution in [0.5, 0.6) is 0 Å². The second-order valence-electron chi connectivity index (χ2n) is 4.69. The normalized spacial score (nSPS) is 10.3. The van der Waals surface area contributed by atoms with E-state index in [0.29, 0.717) is 16.1 Å². The average molecular weight is 324 g/mol. The largest absolute Gasteiger partial charge is 0.366 e. The molecule has 0 aliphatic heterocycles. The Morgan fingerprint density at radius 1 is 1.00 bits per heavy atom. The number of primary amides is 1. The number of hydrogen-bond donors (Lipinski definition) is 2. The maximum atomic E-state index is 12.3. The fraction of sp³-hybridized carbons (Fsp3) is 0. The van der Waals surface area contributed by atoms with Crippen LogP contribution in [0.15, 0.2) is 54.4 Å². The van der Waals surface area contributed by atoms with Gasteiger partial charge in [-0.05, 0) is 29.1 Å². The molecule has 0 bridgehead atoms. The van der Waals surface area contributed by atoms with Crippen molar-refractivity contribution in [1.29, 1.82) is 0 Å². The number of hydrogen-bond acceptors (Lipinski definition) is 5. The van der Waals surface area contributed by atoms with E-state index >= 15 is 0 Å². The SMILES string of the molecule is NC(=O)c1ccsc1NC(=O)c1ccc(-c2cncnc2)cc1. The maximum absolute atomic E-state index is 12.3. The van der Waals surface area contributed by atoms with Gasteiger partial charge >= 0.3 is 0 Å². The van der Waals surface area contributed by atoms with Crippen LogP contribution in [0.1, 0.15) is 20.7 Å². The van der Waals surface area contributed by atoms with Crippen molar-refractivity contribution in [2.45, 2.75) is 0 Å². The third-order valence-electron chi connectivity index (χ3n) is 3.20. The first-order valence-corrected chi connectivity index (χ1v) is 7.57. The summed E-state index contributed by atoms with van der Waals surface area (Å²) in [6.07, 6.45) is 4.86. The van der Waals surface area contributed by atoms with Crippen LogP contribution < -0.4 is 11.1 Å². The van der Waals surface area contributed by atoms with Gasteiger partial charge in [-0.25, -0.2) is 9.97 Å². The number of anilines is 1. The third-order valence-corrected chi connectivity index (χ3v) is 4.03. The molecule has 0 fully saturated rings. The van der Waals surface area contributed by atoms with Crippen LogP contribution in [-0.4, -0.2) is 21.8 Å². The highest BCUT2D eigenvalue weighted by Gasteiger charge is 2.13. The lowest BCUT2D eigenvalue weighted by molar-refractivity contribution is 0.100. The fourth-order valence-electron chi connectivity index (χ4n) is 2.04.